The third-order valence-electron chi connectivity index (χ3n) is 2.30. The fraction of sp³-hybridized carbons (Fsp3) is 0.333. The van der Waals surface area contributed by atoms with Crippen molar-refractivity contribution in [1.82, 2.24) is 4.72 Å². The van der Waals surface area contributed by atoms with Crippen LogP contribution < -0.4 is 9.62 Å². The van der Waals surface area contributed by atoms with Crippen LogP contribution in [0.15, 0.2) is 23.1 Å². The van der Waals surface area contributed by atoms with Crippen molar-refractivity contribution in [3.8, 4) is 0 Å². The Kier molecular flexibility index (Phi) is 3.35. The number of nitro groups is 1. The monoisotopic (exact) mass is 279 g/mol. The first kappa shape index (κ1) is 13.0. The minimum atomic E-state index is -4.32. The number of hydrogen-bond acceptors (Lipinski definition) is 5. The van der Waals surface area contributed by atoms with Crippen LogP contribution in [0.25, 0.3) is 0 Å². The van der Waals surface area contributed by atoms with E-state index >= 15 is 0 Å². The zero-order valence-corrected chi connectivity index (χ0v) is 9.72. The fourth-order valence-corrected chi connectivity index (χ4v) is 2.45. The van der Waals surface area contributed by atoms with Gasteiger partial charge in [-0.25, -0.2) is 4.72 Å². The zero-order chi connectivity index (χ0) is 13.3. The summed E-state index contributed by atoms with van der Waals surface area (Å²) in [6, 6.07) is 3.80. The van der Waals surface area contributed by atoms with E-state index in [0.717, 1.165) is 16.8 Å². The minimum Gasteiger partial charge on any atom is -0.348 e. The minimum absolute atomic E-state index is 0.0367. The van der Waals surface area contributed by atoms with Gasteiger partial charge in [0.1, 0.15) is 6.54 Å². The lowest BCUT2D eigenvalue weighted by Gasteiger charge is -2.31. The van der Waals surface area contributed by atoms with Crippen molar-refractivity contribution in [3.05, 3.63) is 28.3 Å². The lowest BCUT2D eigenvalue weighted by atomic mass is 10.2. The van der Waals surface area contributed by atoms with Gasteiger partial charge in [0, 0.05) is 12.1 Å². The number of fused-ring (bicyclic) bond motifs is 1. The van der Waals surface area contributed by atoms with Crippen molar-refractivity contribution in [2.45, 2.75) is 11.1 Å². The molecule has 0 radical (unpaired) electrons. The molecule has 0 unspecified atom stereocenters. The van der Waals surface area contributed by atoms with E-state index in [1.807, 2.05) is 0 Å². The summed E-state index contributed by atoms with van der Waals surface area (Å²) in [5.74, 6) is 0. The Morgan fingerprint density at radius 3 is 2.83 bits per heavy atom. The number of benzene rings is 1. The van der Waals surface area contributed by atoms with Crippen LogP contribution in [0.5, 0.6) is 0 Å². The molecule has 0 bridgehead atoms. The van der Waals surface area contributed by atoms with E-state index in [0.29, 0.717) is 10.6 Å². The van der Waals surface area contributed by atoms with E-state index in [4.69, 9.17) is 0 Å². The Hall–Kier alpha value is -1.48. The van der Waals surface area contributed by atoms with E-state index < -0.39 is 17.6 Å². The van der Waals surface area contributed by atoms with Crippen LogP contribution in [-0.4, -0.2) is 24.3 Å². The molecule has 0 atom stereocenters. The maximum atomic E-state index is 12.4. The van der Waals surface area contributed by atoms with Crippen molar-refractivity contribution in [2.75, 3.05) is 18.1 Å². The summed E-state index contributed by atoms with van der Waals surface area (Å²) in [7, 11) is 0. The van der Waals surface area contributed by atoms with Gasteiger partial charge in [0.15, 0.2) is 0 Å². The van der Waals surface area contributed by atoms with Crippen LogP contribution in [-0.2, 0) is 0 Å². The van der Waals surface area contributed by atoms with E-state index in [1.54, 1.807) is 0 Å². The molecule has 1 aromatic carbocycles. The van der Waals surface area contributed by atoms with Gasteiger partial charge in [0.2, 0.25) is 0 Å². The maximum Gasteiger partial charge on any atom is 0.405 e. The molecule has 1 heterocycles. The van der Waals surface area contributed by atoms with Crippen LogP contribution in [0, 0.1) is 10.1 Å². The normalized spacial score (nSPS) is 15.4. The van der Waals surface area contributed by atoms with Crippen molar-refractivity contribution in [2.24, 2.45) is 0 Å². The molecule has 0 fully saturated rings. The highest BCUT2D eigenvalue weighted by atomic mass is 32.2. The van der Waals surface area contributed by atoms with Gasteiger partial charge in [-0.1, -0.05) is 0 Å². The molecule has 2 rings (SSSR count). The van der Waals surface area contributed by atoms with Gasteiger partial charge in [-0.2, -0.15) is 13.2 Å². The van der Waals surface area contributed by atoms with Gasteiger partial charge >= 0.3 is 6.18 Å². The molecule has 0 aromatic heterocycles. The van der Waals surface area contributed by atoms with E-state index in [1.165, 1.54) is 18.2 Å². The van der Waals surface area contributed by atoms with Gasteiger partial charge in [-0.05, 0) is 18.0 Å². The molecule has 0 spiro atoms. The van der Waals surface area contributed by atoms with Gasteiger partial charge in [0.25, 0.3) is 5.69 Å². The van der Waals surface area contributed by atoms with Crippen LogP contribution >= 0.6 is 11.9 Å². The second-order valence-corrected chi connectivity index (χ2v) is 4.56. The first-order chi connectivity index (χ1) is 8.37. The summed E-state index contributed by atoms with van der Waals surface area (Å²) in [6.07, 6.45) is -4.32. The van der Waals surface area contributed by atoms with Gasteiger partial charge in [-0.15, -0.1) is 0 Å². The number of alkyl halides is 3. The van der Waals surface area contributed by atoms with Crippen LogP contribution in [0.4, 0.5) is 24.5 Å². The second kappa shape index (κ2) is 4.65. The molecule has 1 aliphatic heterocycles. The number of halogens is 3. The number of non-ortho nitro benzene ring substituents is 1. The summed E-state index contributed by atoms with van der Waals surface area (Å²) < 4.78 is 39.8. The Labute approximate surface area is 104 Å². The van der Waals surface area contributed by atoms with Crippen LogP contribution in [0.1, 0.15) is 0 Å². The van der Waals surface area contributed by atoms with Crippen LogP contribution in [0.3, 0.4) is 0 Å². The Morgan fingerprint density at radius 1 is 1.50 bits per heavy atom. The summed E-state index contributed by atoms with van der Waals surface area (Å²) in [4.78, 5) is 11.5. The molecular weight excluding hydrogens is 271 g/mol. The third-order valence-corrected chi connectivity index (χ3v) is 3.12. The fourth-order valence-electron chi connectivity index (χ4n) is 1.59. The first-order valence-corrected chi connectivity index (χ1v) is 5.68. The lowest BCUT2D eigenvalue weighted by Crippen LogP contribution is -2.41. The number of hydrogen-bond donors (Lipinski definition) is 1. The molecule has 1 N–H and O–H groups in total. The van der Waals surface area contributed by atoms with E-state index in [-0.39, 0.29) is 12.4 Å². The SMILES string of the molecule is O=[N+]([O-])c1ccc2c(c1)SNCN2CC(F)(F)F. The summed E-state index contributed by atoms with van der Waals surface area (Å²) in [5, 5.41) is 10.6. The largest absolute Gasteiger partial charge is 0.405 e. The average Bonchev–Trinajstić information content (AvgIpc) is 2.26. The summed E-state index contributed by atoms with van der Waals surface area (Å²) >= 11 is 1.09. The molecule has 18 heavy (non-hydrogen) atoms. The average molecular weight is 279 g/mol. The Morgan fingerprint density at radius 2 is 2.22 bits per heavy atom. The number of anilines is 1. The molecule has 1 aromatic rings. The Bertz CT molecular complexity index is 481. The zero-order valence-electron chi connectivity index (χ0n) is 8.90. The molecule has 0 saturated carbocycles. The van der Waals surface area contributed by atoms with Gasteiger partial charge in [0.05, 0.1) is 22.2 Å². The topological polar surface area (TPSA) is 58.4 Å². The molecule has 5 nitrogen and oxygen atoms in total. The molecule has 98 valence electrons. The van der Waals surface area contributed by atoms with Gasteiger partial charge in [-0.3, -0.25) is 10.1 Å². The maximum absolute atomic E-state index is 12.4. The molecule has 9 heteroatoms. The quantitative estimate of drug-likeness (QED) is 0.512. The highest BCUT2D eigenvalue weighted by Gasteiger charge is 2.33. The van der Waals surface area contributed by atoms with E-state index in [9.17, 15) is 23.3 Å². The number of nitro benzene ring substituents is 1. The summed E-state index contributed by atoms with van der Waals surface area (Å²) in [6.45, 7) is -1.06. The van der Waals surface area contributed by atoms with Crippen molar-refractivity contribution in [3.63, 3.8) is 0 Å². The van der Waals surface area contributed by atoms with Gasteiger partial charge < -0.3 is 4.90 Å². The molecule has 0 aliphatic carbocycles. The lowest BCUT2D eigenvalue weighted by molar-refractivity contribution is -0.385. The second-order valence-electron chi connectivity index (χ2n) is 3.63. The van der Waals surface area contributed by atoms with E-state index in [2.05, 4.69) is 4.72 Å². The highest BCUT2D eigenvalue weighted by molar-refractivity contribution is 7.97. The molecular formula is C9H8F3N3O2S. The Balaban J connectivity index is 2.30. The number of rotatable bonds is 2. The first-order valence-electron chi connectivity index (χ1n) is 4.87. The van der Waals surface area contributed by atoms with Crippen LogP contribution in [0.2, 0.25) is 0 Å². The van der Waals surface area contributed by atoms with Crippen molar-refractivity contribution in [1.29, 1.82) is 0 Å². The standard InChI is InChI=1S/C9H8F3N3O2S/c10-9(11,12)4-14-5-13-18-8-3-6(15(16)17)1-2-7(8)14/h1-3,13H,4-5H2. The number of nitrogens with zero attached hydrogens (tertiary/aromatic N) is 2. The third kappa shape index (κ3) is 2.85. The molecule has 0 saturated heterocycles. The van der Waals surface area contributed by atoms with Crippen molar-refractivity contribution < 1.29 is 18.1 Å². The predicted molar refractivity (Wildman–Crippen MR) is 60.4 cm³/mol. The molecule has 1 aliphatic rings. The van der Waals surface area contributed by atoms with Crippen molar-refractivity contribution >= 4 is 23.3 Å². The smallest absolute Gasteiger partial charge is 0.348 e. The predicted octanol–water partition coefficient (Wildman–Crippen LogP) is 2.53. The summed E-state index contributed by atoms with van der Waals surface area (Å²) in [5.41, 5.74) is 0.207. The number of nitrogens with one attached hydrogen (secondary N) is 1. The molecule has 0 amide bonds. The highest BCUT2D eigenvalue weighted by Crippen LogP contribution is 2.36.